The molecule has 3 nitrogen and oxygen atoms in total. The van der Waals surface area contributed by atoms with Crippen molar-refractivity contribution in [2.45, 2.75) is 13.8 Å². The van der Waals surface area contributed by atoms with Crippen LogP contribution in [0.1, 0.15) is 21.5 Å². The highest BCUT2D eigenvalue weighted by Gasteiger charge is 2.12. The lowest BCUT2D eigenvalue weighted by Gasteiger charge is -2.01. The Balaban J connectivity index is 3.14. The molecule has 74 valence electrons. The van der Waals surface area contributed by atoms with E-state index >= 15 is 0 Å². The zero-order valence-electron chi connectivity index (χ0n) is 7.91. The molecule has 0 aromatic heterocycles. The van der Waals surface area contributed by atoms with Gasteiger partial charge in [0.2, 0.25) is 11.0 Å². The van der Waals surface area contributed by atoms with Crippen molar-refractivity contribution < 1.29 is 10.0 Å². The summed E-state index contributed by atoms with van der Waals surface area (Å²) in [6, 6.07) is 5.34. The van der Waals surface area contributed by atoms with Gasteiger partial charge in [-0.25, -0.2) is 0 Å². The van der Waals surface area contributed by atoms with Crippen molar-refractivity contribution in [2.75, 3.05) is 0 Å². The average Bonchev–Trinajstić information content (AvgIpc) is 2.14. The molecule has 0 spiro atoms. The summed E-state index contributed by atoms with van der Waals surface area (Å²) in [4.78, 5) is 11.5. The van der Waals surface area contributed by atoms with Crippen molar-refractivity contribution >= 4 is 22.6 Å². The molecular formula is C10H10ClNO2. The fourth-order valence-electron chi connectivity index (χ4n) is 1.27. The quantitative estimate of drug-likeness (QED) is 0.354. The van der Waals surface area contributed by atoms with E-state index in [0.717, 1.165) is 11.1 Å². The molecule has 0 radical (unpaired) electrons. The van der Waals surface area contributed by atoms with E-state index in [0.29, 0.717) is 5.56 Å². The van der Waals surface area contributed by atoms with Gasteiger partial charge in [0.05, 0.1) is 0 Å². The SMILES string of the molecule is Cc1cc(C)cc(C(=O)C(Cl)=NO)c1. The third-order valence-electron chi connectivity index (χ3n) is 1.76. The molecule has 1 N–H and O–H groups in total. The number of Topliss-reactive ketones (excluding diaryl/α,β-unsaturated/α-hetero) is 1. The minimum Gasteiger partial charge on any atom is -0.410 e. The number of hydrogen-bond acceptors (Lipinski definition) is 3. The normalized spacial score (nSPS) is 11.5. The number of hydrogen-bond donors (Lipinski definition) is 1. The van der Waals surface area contributed by atoms with Gasteiger partial charge in [0.1, 0.15) is 0 Å². The minimum absolute atomic E-state index is 0.421. The lowest BCUT2D eigenvalue weighted by atomic mass is 10.0. The second-order valence-corrected chi connectivity index (χ2v) is 3.45. The maximum absolute atomic E-state index is 11.5. The Hall–Kier alpha value is -1.35. The summed E-state index contributed by atoms with van der Waals surface area (Å²) < 4.78 is 0. The second-order valence-electron chi connectivity index (χ2n) is 3.10. The molecule has 14 heavy (non-hydrogen) atoms. The first kappa shape index (κ1) is 10.7. The molecule has 0 atom stereocenters. The standard InChI is InChI=1S/C10H10ClNO2/c1-6-3-7(2)5-8(4-6)9(13)10(11)12-14/h3-5,14H,1-2H3. The Morgan fingerprint density at radius 3 is 2.21 bits per heavy atom. The summed E-state index contributed by atoms with van der Waals surface area (Å²) in [6.07, 6.45) is 0. The van der Waals surface area contributed by atoms with Crippen molar-refractivity contribution in [1.29, 1.82) is 0 Å². The van der Waals surface area contributed by atoms with Crippen molar-refractivity contribution in [3.05, 3.63) is 34.9 Å². The Morgan fingerprint density at radius 2 is 1.79 bits per heavy atom. The van der Waals surface area contributed by atoms with Crippen LogP contribution in [0.15, 0.2) is 23.4 Å². The predicted octanol–water partition coefficient (Wildman–Crippen LogP) is 2.51. The monoisotopic (exact) mass is 211 g/mol. The fraction of sp³-hybridized carbons (Fsp3) is 0.200. The number of aryl methyl sites for hydroxylation is 2. The lowest BCUT2D eigenvalue weighted by molar-refractivity contribution is 0.106. The molecule has 0 heterocycles. The van der Waals surface area contributed by atoms with E-state index in [-0.39, 0.29) is 0 Å². The highest BCUT2D eigenvalue weighted by atomic mass is 35.5. The van der Waals surface area contributed by atoms with Gasteiger partial charge in [-0.05, 0) is 26.0 Å². The third-order valence-corrected chi connectivity index (χ3v) is 2.01. The van der Waals surface area contributed by atoms with E-state index in [9.17, 15) is 4.79 Å². The smallest absolute Gasteiger partial charge is 0.226 e. The van der Waals surface area contributed by atoms with Crippen molar-refractivity contribution in [2.24, 2.45) is 5.16 Å². The molecule has 1 rings (SSSR count). The van der Waals surface area contributed by atoms with Crippen LogP contribution in [0, 0.1) is 13.8 Å². The topological polar surface area (TPSA) is 49.7 Å². The van der Waals surface area contributed by atoms with Crippen LogP contribution in [0.4, 0.5) is 0 Å². The van der Waals surface area contributed by atoms with Gasteiger partial charge < -0.3 is 5.21 Å². The highest BCUT2D eigenvalue weighted by Crippen LogP contribution is 2.11. The number of ketones is 1. The molecule has 0 unspecified atom stereocenters. The number of carbonyl (C=O) groups excluding carboxylic acids is 1. The first-order chi connectivity index (χ1) is 6.54. The third kappa shape index (κ3) is 2.33. The van der Waals surface area contributed by atoms with Crippen molar-refractivity contribution in [3.8, 4) is 0 Å². The first-order valence-electron chi connectivity index (χ1n) is 4.05. The summed E-state index contributed by atoms with van der Waals surface area (Å²) in [7, 11) is 0. The van der Waals surface area contributed by atoms with Crippen LogP contribution in [0.2, 0.25) is 0 Å². The number of carbonyl (C=O) groups is 1. The molecular weight excluding hydrogens is 202 g/mol. The zero-order chi connectivity index (χ0) is 10.7. The van der Waals surface area contributed by atoms with E-state index < -0.39 is 11.0 Å². The van der Waals surface area contributed by atoms with E-state index in [4.69, 9.17) is 16.8 Å². The maximum Gasteiger partial charge on any atom is 0.226 e. The van der Waals surface area contributed by atoms with Gasteiger partial charge in [0.25, 0.3) is 0 Å². The average molecular weight is 212 g/mol. The zero-order valence-corrected chi connectivity index (χ0v) is 8.67. The molecule has 0 bridgehead atoms. The van der Waals surface area contributed by atoms with Gasteiger partial charge in [-0.1, -0.05) is 33.9 Å². The Kier molecular flexibility index (Phi) is 3.25. The largest absolute Gasteiger partial charge is 0.410 e. The van der Waals surface area contributed by atoms with Gasteiger partial charge in [0, 0.05) is 5.56 Å². The van der Waals surface area contributed by atoms with E-state index in [1.807, 2.05) is 19.9 Å². The summed E-state index contributed by atoms with van der Waals surface area (Å²) in [5.74, 6) is -0.471. The number of benzene rings is 1. The van der Waals surface area contributed by atoms with Crippen LogP contribution in [0.5, 0.6) is 0 Å². The summed E-state index contributed by atoms with van der Waals surface area (Å²) in [5, 5.41) is 10.6. The van der Waals surface area contributed by atoms with Crippen LogP contribution in [-0.4, -0.2) is 16.2 Å². The molecule has 0 aliphatic heterocycles. The van der Waals surface area contributed by atoms with Crippen LogP contribution < -0.4 is 0 Å². The molecule has 1 aromatic rings. The Bertz CT molecular complexity index is 379. The van der Waals surface area contributed by atoms with E-state index in [1.54, 1.807) is 12.1 Å². The van der Waals surface area contributed by atoms with Gasteiger partial charge in [-0.3, -0.25) is 4.79 Å². The van der Waals surface area contributed by atoms with Crippen LogP contribution in [0.25, 0.3) is 0 Å². The maximum atomic E-state index is 11.5. The lowest BCUT2D eigenvalue weighted by Crippen LogP contribution is -2.08. The molecule has 0 aliphatic carbocycles. The highest BCUT2D eigenvalue weighted by molar-refractivity contribution is 6.84. The molecule has 0 saturated carbocycles. The van der Waals surface area contributed by atoms with Crippen LogP contribution in [0.3, 0.4) is 0 Å². The Labute approximate surface area is 87.0 Å². The predicted molar refractivity (Wildman–Crippen MR) is 55.3 cm³/mol. The Morgan fingerprint density at radius 1 is 1.29 bits per heavy atom. The first-order valence-corrected chi connectivity index (χ1v) is 4.43. The van der Waals surface area contributed by atoms with E-state index in [2.05, 4.69) is 5.16 Å². The van der Waals surface area contributed by atoms with Crippen molar-refractivity contribution in [1.82, 2.24) is 0 Å². The molecule has 0 aliphatic rings. The van der Waals surface area contributed by atoms with Crippen LogP contribution >= 0.6 is 11.6 Å². The van der Waals surface area contributed by atoms with Crippen molar-refractivity contribution in [3.63, 3.8) is 0 Å². The van der Waals surface area contributed by atoms with Gasteiger partial charge in [0.15, 0.2) is 0 Å². The fourth-order valence-corrected chi connectivity index (χ4v) is 1.38. The molecule has 0 saturated heterocycles. The number of rotatable bonds is 2. The number of halogens is 1. The molecule has 0 fully saturated rings. The summed E-state index contributed by atoms with van der Waals surface area (Å²) in [5.41, 5.74) is 2.37. The summed E-state index contributed by atoms with van der Waals surface area (Å²) in [6.45, 7) is 3.77. The minimum atomic E-state index is -0.471. The van der Waals surface area contributed by atoms with Gasteiger partial charge in [-0.15, -0.1) is 0 Å². The van der Waals surface area contributed by atoms with Gasteiger partial charge in [-0.2, -0.15) is 0 Å². The second kappa shape index (κ2) is 4.24. The summed E-state index contributed by atoms with van der Waals surface area (Å²) >= 11 is 5.41. The molecule has 0 amide bonds. The van der Waals surface area contributed by atoms with Gasteiger partial charge >= 0.3 is 0 Å². The molecule has 4 heteroatoms. The van der Waals surface area contributed by atoms with Crippen LogP contribution in [-0.2, 0) is 0 Å². The number of nitrogens with zero attached hydrogens (tertiary/aromatic N) is 1. The number of oxime groups is 1. The van der Waals surface area contributed by atoms with E-state index in [1.165, 1.54) is 0 Å². The molecule has 1 aromatic carbocycles.